The molecule has 2 aromatic rings. The number of hydrogen-bond acceptors (Lipinski definition) is 1. The number of carbonyl (C=O) groups is 1. The Morgan fingerprint density at radius 2 is 1.81 bits per heavy atom. The molecular formula is C17H15ClFNO. The number of aryl methyl sites for hydroxylation is 1. The minimum Gasteiger partial charge on any atom is -0.352 e. The number of benzene rings is 2. The van der Waals surface area contributed by atoms with E-state index in [2.05, 4.69) is 5.32 Å². The Morgan fingerprint density at radius 3 is 2.57 bits per heavy atom. The second-order valence-corrected chi connectivity index (χ2v) is 5.63. The number of halogens is 2. The summed E-state index contributed by atoms with van der Waals surface area (Å²) in [7, 11) is 0. The van der Waals surface area contributed by atoms with Crippen molar-refractivity contribution in [1.29, 1.82) is 0 Å². The van der Waals surface area contributed by atoms with Gasteiger partial charge in [0.15, 0.2) is 0 Å². The zero-order chi connectivity index (χ0) is 14.8. The highest BCUT2D eigenvalue weighted by atomic mass is 35.5. The molecule has 0 bridgehead atoms. The van der Waals surface area contributed by atoms with Crippen LogP contribution in [0, 0.1) is 5.82 Å². The van der Waals surface area contributed by atoms with Crippen molar-refractivity contribution in [2.75, 3.05) is 6.54 Å². The molecule has 21 heavy (non-hydrogen) atoms. The van der Waals surface area contributed by atoms with Gasteiger partial charge in [-0.05, 0) is 47.7 Å². The van der Waals surface area contributed by atoms with Gasteiger partial charge in [0.05, 0.1) is 5.38 Å². The minimum atomic E-state index is -0.396. The molecule has 0 saturated heterocycles. The molecule has 1 N–H and O–H groups in total. The van der Waals surface area contributed by atoms with E-state index in [0.717, 1.165) is 29.5 Å². The fourth-order valence-electron chi connectivity index (χ4n) is 2.58. The lowest BCUT2D eigenvalue weighted by molar-refractivity contribution is 0.0956. The molecule has 1 aliphatic heterocycles. The molecule has 4 heteroatoms. The summed E-state index contributed by atoms with van der Waals surface area (Å²) in [5.41, 5.74) is 3.40. The lowest BCUT2D eigenvalue weighted by Crippen LogP contribution is -2.22. The molecule has 108 valence electrons. The highest BCUT2D eigenvalue weighted by molar-refractivity contribution is 6.22. The van der Waals surface area contributed by atoms with Crippen molar-refractivity contribution >= 4 is 17.5 Å². The monoisotopic (exact) mass is 303 g/mol. The summed E-state index contributed by atoms with van der Waals surface area (Å²) in [6.45, 7) is 0.700. The largest absolute Gasteiger partial charge is 0.352 e. The maximum Gasteiger partial charge on any atom is 0.251 e. The molecule has 0 fully saturated rings. The third-order valence-corrected chi connectivity index (χ3v) is 4.25. The van der Waals surface area contributed by atoms with Crippen LogP contribution in [0.4, 0.5) is 4.39 Å². The fourth-order valence-corrected chi connectivity index (χ4v) is 2.86. The van der Waals surface area contributed by atoms with Crippen molar-refractivity contribution in [3.63, 3.8) is 0 Å². The van der Waals surface area contributed by atoms with Crippen LogP contribution in [0.5, 0.6) is 0 Å². The van der Waals surface area contributed by atoms with Crippen molar-refractivity contribution in [1.82, 2.24) is 5.32 Å². The Morgan fingerprint density at radius 1 is 1.10 bits per heavy atom. The van der Waals surface area contributed by atoms with Gasteiger partial charge in [0, 0.05) is 12.1 Å². The summed E-state index contributed by atoms with van der Waals surface area (Å²) in [6.07, 6.45) is 1.83. The summed E-state index contributed by atoms with van der Waals surface area (Å²) in [5, 5.41) is 2.49. The lowest BCUT2D eigenvalue weighted by atomic mass is 9.97. The highest BCUT2D eigenvalue weighted by Crippen LogP contribution is 2.30. The standard InChI is InChI=1S/C17H15ClFNO/c18-16(12-5-7-14(19)8-6-12)13-4-3-11-2-1-9-20-17(21)15(11)10-13/h3-8,10,16H,1-2,9H2,(H,20,21). The molecule has 1 aliphatic rings. The van der Waals surface area contributed by atoms with Crippen molar-refractivity contribution < 1.29 is 9.18 Å². The van der Waals surface area contributed by atoms with E-state index in [0.29, 0.717) is 12.1 Å². The SMILES string of the molecule is O=C1NCCCc2ccc(C(Cl)c3ccc(F)cc3)cc21. The van der Waals surface area contributed by atoms with Gasteiger partial charge in [-0.15, -0.1) is 11.6 Å². The van der Waals surface area contributed by atoms with Crippen LogP contribution in [0.15, 0.2) is 42.5 Å². The minimum absolute atomic E-state index is 0.0488. The molecule has 2 aromatic carbocycles. The number of nitrogens with one attached hydrogen (secondary N) is 1. The van der Waals surface area contributed by atoms with E-state index in [-0.39, 0.29) is 11.7 Å². The van der Waals surface area contributed by atoms with Gasteiger partial charge in [-0.25, -0.2) is 4.39 Å². The zero-order valence-electron chi connectivity index (χ0n) is 11.4. The van der Waals surface area contributed by atoms with Crippen LogP contribution in [0.3, 0.4) is 0 Å². The average Bonchev–Trinajstić information content (AvgIpc) is 2.69. The van der Waals surface area contributed by atoms with Gasteiger partial charge in [0.1, 0.15) is 5.82 Å². The summed E-state index contributed by atoms with van der Waals surface area (Å²) >= 11 is 6.46. The van der Waals surface area contributed by atoms with E-state index in [9.17, 15) is 9.18 Å². The van der Waals surface area contributed by atoms with E-state index >= 15 is 0 Å². The zero-order valence-corrected chi connectivity index (χ0v) is 12.2. The van der Waals surface area contributed by atoms with Crippen LogP contribution in [0.25, 0.3) is 0 Å². The van der Waals surface area contributed by atoms with Gasteiger partial charge in [-0.3, -0.25) is 4.79 Å². The van der Waals surface area contributed by atoms with Gasteiger partial charge in [-0.2, -0.15) is 0 Å². The number of carbonyl (C=O) groups excluding carboxylic acids is 1. The first-order chi connectivity index (χ1) is 10.1. The van der Waals surface area contributed by atoms with E-state index < -0.39 is 5.38 Å². The second kappa shape index (κ2) is 5.86. The maximum atomic E-state index is 13.0. The lowest BCUT2D eigenvalue weighted by Gasteiger charge is -2.13. The second-order valence-electron chi connectivity index (χ2n) is 5.19. The van der Waals surface area contributed by atoms with E-state index in [1.54, 1.807) is 12.1 Å². The van der Waals surface area contributed by atoms with Gasteiger partial charge in [-0.1, -0.05) is 24.3 Å². The fraction of sp³-hybridized carbons (Fsp3) is 0.235. The van der Waals surface area contributed by atoms with E-state index in [1.807, 2.05) is 18.2 Å². The Balaban J connectivity index is 1.96. The quantitative estimate of drug-likeness (QED) is 0.839. The summed E-state index contributed by atoms with van der Waals surface area (Å²) in [4.78, 5) is 12.1. The number of fused-ring (bicyclic) bond motifs is 1. The summed E-state index contributed by atoms with van der Waals surface area (Å²) in [5.74, 6) is -0.337. The molecule has 0 saturated carbocycles. The molecule has 0 spiro atoms. The molecule has 0 aromatic heterocycles. The third kappa shape index (κ3) is 2.93. The van der Waals surface area contributed by atoms with Gasteiger partial charge in [0.25, 0.3) is 5.91 Å². The van der Waals surface area contributed by atoms with Crippen molar-refractivity contribution in [2.45, 2.75) is 18.2 Å². The summed E-state index contributed by atoms with van der Waals surface area (Å²) < 4.78 is 13.0. The topological polar surface area (TPSA) is 29.1 Å². The Labute approximate surface area is 127 Å². The predicted molar refractivity (Wildman–Crippen MR) is 81.2 cm³/mol. The molecule has 1 heterocycles. The molecule has 1 unspecified atom stereocenters. The molecule has 2 nitrogen and oxygen atoms in total. The Hall–Kier alpha value is -1.87. The van der Waals surface area contributed by atoms with Gasteiger partial charge in [0.2, 0.25) is 0 Å². The molecular weight excluding hydrogens is 289 g/mol. The first-order valence-electron chi connectivity index (χ1n) is 6.96. The average molecular weight is 304 g/mol. The Kier molecular flexibility index (Phi) is 3.93. The van der Waals surface area contributed by atoms with Crippen molar-refractivity contribution in [2.24, 2.45) is 0 Å². The van der Waals surface area contributed by atoms with Gasteiger partial charge < -0.3 is 5.32 Å². The van der Waals surface area contributed by atoms with Crippen LogP contribution in [0.1, 0.15) is 38.8 Å². The van der Waals surface area contributed by atoms with E-state index in [1.165, 1.54) is 12.1 Å². The smallest absolute Gasteiger partial charge is 0.251 e. The summed E-state index contributed by atoms with van der Waals surface area (Å²) in [6, 6.07) is 11.9. The first kappa shape index (κ1) is 14.1. The molecule has 3 rings (SSSR count). The van der Waals surface area contributed by atoms with Crippen molar-refractivity contribution in [3.8, 4) is 0 Å². The van der Waals surface area contributed by atoms with Gasteiger partial charge >= 0.3 is 0 Å². The van der Waals surface area contributed by atoms with E-state index in [4.69, 9.17) is 11.6 Å². The van der Waals surface area contributed by atoms with Crippen molar-refractivity contribution in [3.05, 3.63) is 70.5 Å². The van der Waals surface area contributed by atoms with Crippen LogP contribution in [-0.2, 0) is 6.42 Å². The number of hydrogen-bond donors (Lipinski definition) is 1. The molecule has 1 atom stereocenters. The van der Waals surface area contributed by atoms with Crippen LogP contribution < -0.4 is 5.32 Å². The number of amides is 1. The third-order valence-electron chi connectivity index (χ3n) is 3.74. The molecule has 0 aliphatic carbocycles. The highest BCUT2D eigenvalue weighted by Gasteiger charge is 2.18. The Bertz CT molecular complexity index is 669. The number of alkyl halides is 1. The normalized spacial score (nSPS) is 15.8. The predicted octanol–water partition coefficient (Wildman–Crippen LogP) is 3.83. The first-order valence-corrected chi connectivity index (χ1v) is 7.39. The van der Waals surface area contributed by atoms with Crippen LogP contribution in [0.2, 0.25) is 0 Å². The molecule has 0 radical (unpaired) electrons. The number of rotatable bonds is 2. The van der Waals surface area contributed by atoms with Crippen LogP contribution in [-0.4, -0.2) is 12.5 Å². The molecule has 1 amide bonds. The maximum absolute atomic E-state index is 13.0. The van der Waals surface area contributed by atoms with Crippen LogP contribution >= 0.6 is 11.6 Å².